The second kappa shape index (κ2) is 6.48. The largest absolute Gasteiger partial charge is 0.371 e. The summed E-state index contributed by atoms with van der Waals surface area (Å²) >= 11 is 1.59. The van der Waals surface area contributed by atoms with Gasteiger partial charge in [-0.2, -0.15) is 0 Å². The Kier molecular flexibility index (Phi) is 4.95. The van der Waals surface area contributed by atoms with Crippen molar-refractivity contribution < 1.29 is 4.74 Å². The maximum absolute atomic E-state index is 5.96. The minimum Gasteiger partial charge on any atom is -0.371 e. The van der Waals surface area contributed by atoms with Crippen molar-refractivity contribution in [3.8, 4) is 0 Å². The first kappa shape index (κ1) is 13.7. The summed E-state index contributed by atoms with van der Waals surface area (Å²) in [7, 11) is 0. The zero-order valence-corrected chi connectivity index (χ0v) is 12.3. The van der Waals surface area contributed by atoms with E-state index in [2.05, 4.69) is 36.3 Å². The summed E-state index contributed by atoms with van der Waals surface area (Å²) in [6, 6.07) is 0. The van der Waals surface area contributed by atoms with Gasteiger partial charge in [-0.3, -0.25) is 0 Å². The van der Waals surface area contributed by atoms with Crippen molar-refractivity contribution >= 4 is 16.5 Å². The predicted molar refractivity (Wildman–Crippen MR) is 74.8 cm³/mol. The average molecular weight is 269 g/mol. The lowest BCUT2D eigenvalue weighted by molar-refractivity contribution is -0.00768. The zero-order chi connectivity index (χ0) is 13.0. The summed E-state index contributed by atoms with van der Waals surface area (Å²) in [5.41, 5.74) is 0. The SMILES string of the molecule is CCNc1nnc(COC2CCC(C)C(C)C2)s1. The van der Waals surface area contributed by atoms with E-state index in [1.165, 1.54) is 19.3 Å². The van der Waals surface area contributed by atoms with E-state index in [1.807, 2.05) is 0 Å². The molecule has 1 saturated carbocycles. The lowest BCUT2D eigenvalue weighted by Gasteiger charge is -2.31. The van der Waals surface area contributed by atoms with E-state index in [0.29, 0.717) is 12.7 Å². The fourth-order valence-corrected chi connectivity index (χ4v) is 3.10. The molecule has 0 aromatic carbocycles. The Bertz CT molecular complexity index is 369. The van der Waals surface area contributed by atoms with Gasteiger partial charge in [-0.25, -0.2) is 0 Å². The Morgan fingerprint density at radius 3 is 2.83 bits per heavy atom. The van der Waals surface area contributed by atoms with Crippen LogP contribution in [-0.4, -0.2) is 22.8 Å². The molecule has 1 fully saturated rings. The van der Waals surface area contributed by atoms with Crippen LogP contribution >= 0.6 is 11.3 Å². The molecule has 0 amide bonds. The molecule has 3 unspecified atom stereocenters. The number of aromatic nitrogens is 2. The third kappa shape index (κ3) is 3.65. The van der Waals surface area contributed by atoms with Gasteiger partial charge < -0.3 is 10.1 Å². The van der Waals surface area contributed by atoms with Crippen LogP contribution in [0.25, 0.3) is 0 Å². The van der Waals surface area contributed by atoms with Crippen LogP contribution in [0.5, 0.6) is 0 Å². The average Bonchev–Trinajstić information content (AvgIpc) is 2.79. The molecule has 0 bridgehead atoms. The molecule has 0 saturated heterocycles. The Balaban J connectivity index is 1.77. The van der Waals surface area contributed by atoms with Crippen LogP contribution in [-0.2, 0) is 11.3 Å². The topological polar surface area (TPSA) is 47.0 Å². The van der Waals surface area contributed by atoms with Crippen molar-refractivity contribution in [2.24, 2.45) is 11.8 Å². The van der Waals surface area contributed by atoms with Crippen LogP contribution < -0.4 is 5.32 Å². The molecule has 4 nitrogen and oxygen atoms in total. The number of nitrogens with one attached hydrogen (secondary N) is 1. The molecular formula is C13H23N3OS. The van der Waals surface area contributed by atoms with Gasteiger partial charge in [0.15, 0.2) is 0 Å². The molecule has 1 aliphatic carbocycles. The lowest BCUT2D eigenvalue weighted by atomic mass is 9.80. The zero-order valence-electron chi connectivity index (χ0n) is 11.5. The predicted octanol–water partition coefficient (Wildman–Crippen LogP) is 3.31. The Labute approximate surface area is 113 Å². The minimum atomic E-state index is 0.405. The molecule has 0 spiro atoms. The third-order valence-corrected chi connectivity index (χ3v) is 4.64. The Morgan fingerprint density at radius 2 is 2.11 bits per heavy atom. The van der Waals surface area contributed by atoms with E-state index in [1.54, 1.807) is 11.3 Å². The minimum absolute atomic E-state index is 0.405. The van der Waals surface area contributed by atoms with Gasteiger partial charge in [0.1, 0.15) is 11.6 Å². The second-order valence-electron chi connectivity index (χ2n) is 5.23. The normalized spacial score (nSPS) is 28.3. The fraction of sp³-hybridized carbons (Fsp3) is 0.846. The molecular weight excluding hydrogens is 246 g/mol. The quantitative estimate of drug-likeness (QED) is 0.891. The van der Waals surface area contributed by atoms with Crippen LogP contribution in [0.2, 0.25) is 0 Å². The Morgan fingerprint density at radius 1 is 1.28 bits per heavy atom. The first-order valence-corrected chi connectivity index (χ1v) is 7.68. The number of hydrogen-bond donors (Lipinski definition) is 1. The molecule has 0 radical (unpaired) electrons. The maximum Gasteiger partial charge on any atom is 0.205 e. The van der Waals surface area contributed by atoms with Crippen LogP contribution in [0.15, 0.2) is 0 Å². The summed E-state index contributed by atoms with van der Waals surface area (Å²) in [6.07, 6.45) is 4.05. The van der Waals surface area contributed by atoms with Crippen LogP contribution in [0.1, 0.15) is 45.0 Å². The smallest absolute Gasteiger partial charge is 0.205 e. The highest BCUT2D eigenvalue weighted by molar-refractivity contribution is 7.15. The van der Waals surface area contributed by atoms with Gasteiger partial charge in [0.2, 0.25) is 5.13 Å². The first-order valence-electron chi connectivity index (χ1n) is 6.87. The lowest BCUT2D eigenvalue weighted by Crippen LogP contribution is -2.26. The van der Waals surface area contributed by atoms with E-state index < -0.39 is 0 Å². The number of ether oxygens (including phenoxy) is 1. The van der Waals surface area contributed by atoms with Crippen molar-refractivity contribution in [2.75, 3.05) is 11.9 Å². The standard InChI is InChI=1S/C13H23N3OS/c1-4-14-13-16-15-12(18-13)8-17-11-6-5-9(2)10(3)7-11/h9-11H,4-8H2,1-3H3,(H,14,16). The van der Waals surface area contributed by atoms with E-state index >= 15 is 0 Å². The summed E-state index contributed by atoms with van der Waals surface area (Å²) in [6.45, 7) is 8.22. The molecule has 1 aromatic heterocycles. The molecule has 102 valence electrons. The van der Waals surface area contributed by atoms with Crippen molar-refractivity contribution in [3.05, 3.63) is 5.01 Å². The van der Waals surface area contributed by atoms with Gasteiger partial charge in [0.25, 0.3) is 0 Å². The number of hydrogen-bond acceptors (Lipinski definition) is 5. The van der Waals surface area contributed by atoms with Crippen LogP contribution in [0.4, 0.5) is 5.13 Å². The van der Waals surface area contributed by atoms with Crippen molar-refractivity contribution in [3.63, 3.8) is 0 Å². The molecule has 0 aliphatic heterocycles. The fourth-order valence-electron chi connectivity index (χ4n) is 2.37. The molecule has 3 atom stereocenters. The second-order valence-corrected chi connectivity index (χ2v) is 6.29. The van der Waals surface area contributed by atoms with E-state index in [-0.39, 0.29) is 0 Å². The van der Waals surface area contributed by atoms with Crippen LogP contribution in [0.3, 0.4) is 0 Å². The summed E-state index contributed by atoms with van der Waals surface area (Å²) < 4.78 is 5.96. The monoisotopic (exact) mass is 269 g/mol. The van der Waals surface area contributed by atoms with Crippen molar-refractivity contribution in [1.82, 2.24) is 10.2 Å². The molecule has 2 rings (SSSR count). The maximum atomic E-state index is 5.96. The van der Waals surface area contributed by atoms with E-state index in [4.69, 9.17) is 4.74 Å². The van der Waals surface area contributed by atoms with Gasteiger partial charge in [-0.15, -0.1) is 10.2 Å². The number of anilines is 1. The van der Waals surface area contributed by atoms with Crippen molar-refractivity contribution in [1.29, 1.82) is 0 Å². The highest BCUT2D eigenvalue weighted by Gasteiger charge is 2.25. The van der Waals surface area contributed by atoms with Gasteiger partial charge in [-0.1, -0.05) is 25.2 Å². The van der Waals surface area contributed by atoms with Gasteiger partial charge in [0.05, 0.1) is 6.10 Å². The first-order chi connectivity index (χ1) is 8.69. The van der Waals surface area contributed by atoms with Gasteiger partial charge in [-0.05, 0) is 38.0 Å². The van der Waals surface area contributed by atoms with Gasteiger partial charge in [0, 0.05) is 6.54 Å². The Hall–Kier alpha value is -0.680. The molecule has 5 heteroatoms. The number of rotatable bonds is 5. The molecule has 1 heterocycles. The van der Waals surface area contributed by atoms with Crippen LogP contribution in [0, 0.1) is 11.8 Å². The highest BCUT2D eigenvalue weighted by atomic mass is 32.1. The summed E-state index contributed by atoms with van der Waals surface area (Å²) in [5.74, 6) is 1.61. The van der Waals surface area contributed by atoms with E-state index in [0.717, 1.165) is 28.5 Å². The molecule has 1 aromatic rings. The number of nitrogens with zero attached hydrogens (tertiary/aromatic N) is 2. The van der Waals surface area contributed by atoms with E-state index in [9.17, 15) is 0 Å². The third-order valence-electron chi connectivity index (χ3n) is 3.79. The highest BCUT2D eigenvalue weighted by Crippen LogP contribution is 2.31. The molecule has 1 N–H and O–H groups in total. The van der Waals surface area contributed by atoms with Gasteiger partial charge >= 0.3 is 0 Å². The van der Waals surface area contributed by atoms with Crippen molar-refractivity contribution in [2.45, 2.75) is 52.7 Å². The summed E-state index contributed by atoms with van der Waals surface area (Å²) in [5, 5.41) is 13.2. The molecule has 1 aliphatic rings. The summed E-state index contributed by atoms with van der Waals surface area (Å²) in [4.78, 5) is 0. The molecule has 18 heavy (non-hydrogen) atoms.